The summed E-state index contributed by atoms with van der Waals surface area (Å²) in [6.07, 6.45) is 4.79. The van der Waals surface area contributed by atoms with E-state index < -0.39 is 0 Å². The molecule has 0 radical (unpaired) electrons. The number of carbonyl (C=O) groups is 1. The molecule has 0 spiro atoms. The van der Waals surface area contributed by atoms with Crippen molar-refractivity contribution in [1.82, 2.24) is 5.32 Å². The molecule has 0 bridgehead atoms. The molecule has 2 aromatic carbocycles. The molecule has 0 aromatic heterocycles. The molecule has 0 aliphatic carbocycles. The SMILES string of the molecule is O=C(NCCc1ccc(N2CCCCC2)cc1)c1ccc(Br)cc1. The fourth-order valence-electron chi connectivity index (χ4n) is 3.05. The summed E-state index contributed by atoms with van der Waals surface area (Å²) in [6, 6.07) is 16.2. The lowest BCUT2D eigenvalue weighted by atomic mass is 10.1. The lowest BCUT2D eigenvalue weighted by Crippen LogP contribution is -2.29. The standard InChI is InChI=1S/C20H23BrN2O/c21-18-8-6-17(7-9-18)20(24)22-13-12-16-4-10-19(11-5-16)23-14-2-1-3-15-23/h4-11H,1-3,12-15H2,(H,22,24). The van der Waals surface area contributed by atoms with E-state index in [4.69, 9.17) is 0 Å². The van der Waals surface area contributed by atoms with Crippen LogP contribution in [-0.2, 0) is 6.42 Å². The Morgan fingerprint density at radius 2 is 1.62 bits per heavy atom. The van der Waals surface area contributed by atoms with Gasteiger partial charge >= 0.3 is 0 Å². The monoisotopic (exact) mass is 386 g/mol. The van der Waals surface area contributed by atoms with E-state index in [0.29, 0.717) is 12.1 Å². The summed E-state index contributed by atoms with van der Waals surface area (Å²) in [7, 11) is 0. The van der Waals surface area contributed by atoms with Gasteiger partial charge in [0.05, 0.1) is 0 Å². The van der Waals surface area contributed by atoms with Gasteiger partial charge in [-0.25, -0.2) is 0 Å². The molecule has 1 heterocycles. The van der Waals surface area contributed by atoms with E-state index in [1.165, 1.54) is 43.6 Å². The van der Waals surface area contributed by atoms with Crippen LogP contribution >= 0.6 is 15.9 Å². The van der Waals surface area contributed by atoms with Gasteiger partial charge in [-0.3, -0.25) is 4.79 Å². The van der Waals surface area contributed by atoms with Gasteiger partial charge in [0.1, 0.15) is 0 Å². The van der Waals surface area contributed by atoms with Crippen molar-refractivity contribution in [3.05, 3.63) is 64.1 Å². The topological polar surface area (TPSA) is 32.3 Å². The number of amides is 1. The van der Waals surface area contributed by atoms with Crippen LogP contribution in [-0.4, -0.2) is 25.5 Å². The largest absolute Gasteiger partial charge is 0.372 e. The molecule has 1 fully saturated rings. The minimum absolute atomic E-state index is 0.0209. The molecule has 2 aromatic rings. The Labute approximate surface area is 152 Å². The van der Waals surface area contributed by atoms with E-state index in [0.717, 1.165) is 10.9 Å². The molecule has 24 heavy (non-hydrogen) atoms. The molecule has 0 unspecified atom stereocenters. The molecule has 3 rings (SSSR count). The van der Waals surface area contributed by atoms with Gasteiger partial charge in [-0.05, 0) is 67.6 Å². The summed E-state index contributed by atoms with van der Waals surface area (Å²) in [4.78, 5) is 14.5. The third-order valence-corrected chi connectivity index (χ3v) is 4.99. The molecule has 0 atom stereocenters. The van der Waals surface area contributed by atoms with Gasteiger partial charge in [-0.15, -0.1) is 0 Å². The molecule has 0 saturated carbocycles. The van der Waals surface area contributed by atoms with Crippen LogP contribution in [0.15, 0.2) is 53.0 Å². The molecule has 1 N–H and O–H groups in total. The van der Waals surface area contributed by atoms with Gasteiger partial charge in [0.2, 0.25) is 0 Å². The second-order valence-corrected chi connectivity index (χ2v) is 7.14. The number of benzene rings is 2. The summed E-state index contributed by atoms with van der Waals surface area (Å²) >= 11 is 3.38. The third kappa shape index (κ3) is 4.60. The first-order valence-electron chi connectivity index (χ1n) is 8.60. The second-order valence-electron chi connectivity index (χ2n) is 6.23. The molecule has 1 aliphatic heterocycles. The van der Waals surface area contributed by atoms with Gasteiger partial charge in [-0.1, -0.05) is 28.1 Å². The van der Waals surface area contributed by atoms with Crippen LogP contribution in [0.25, 0.3) is 0 Å². The highest BCUT2D eigenvalue weighted by molar-refractivity contribution is 9.10. The van der Waals surface area contributed by atoms with E-state index in [1.807, 2.05) is 24.3 Å². The minimum atomic E-state index is -0.0209. The quantitative estimate of drug-likeness (QED) is 0.824. The lowest BCUT2D eigenvalue weighted by Gasteiger charge is -2.28. The molecule has 1 amide bonds. The van der Waals surface area contributed by atoms with Crippen molar-refractivity contribution < 1.29 is 4.79 Å². The molecular formula is C20H23BrN2O. The van der Waals surface area contributed by atoms with Crippen molar-refractivity contribution in [2.45, 2.75) is 25.7 Å². The fraction of sp³-hybridized carbons (Fsp3) is 0.350. The van der Waals surface area contributed by atoms with Crippen molar-refractivity contribution in [3.63, 3.8) is 0 Å². The Morgan fingerprint density at radius 3 is 2.29 bits per heavy atom. The van der Waals surface area contributed by atoms with Crippen molar-refractivity contribution in [2.75, 3.05) is 24.5 Å². The highest BCUT2D eigenvalue weighted by atomic mass is 79.9. The Balaban J connectivity index is 1.48. The lowest BCUT2D eigenvalue weighted by molar-refractivity contribution is 0.0954. The molecular weight excluding hydrogens is 364 g/mol. The zero-order chi connectivity index (χ0) is 16.8. The van der Waals surface area contributed by atoms with E-state index in [2.05, 4.69) is 50.4 Å². The van der Waals surface area contributed by atoms with Crippen molar-refractivity contribution in [3.8, 4) is 0 Å². The Morgan fingerprint density at radius 1 is 0.958 bits per heavy atom. The van der Waals surface area contributed by atoms with Crippen LogP contribution in [0.5, 0.6) is 0 Å². The van der Waals surface area contributed by atoms with E-state index in [1.54, 1.807) is 0 Å². The van der Waals surface area contributed by atoms with Crippen molar-refractivity contribution >= 4 is 27.5 Å². The molecule has 1 saturated heterocycles. The Bertz CT molecular complexity index is 661. The molecule has 1 aliphatic rings. The first-order valence-corrected chi connectivity index (χ1v) is 9.39. The number of rotatable bonds is 5. The first kappa shape index (κ1) is 17.0. The molecule has 4 heteroatoms. The van der Waals surface area contributed by atoms with Crippen LogP contribution in [0.3, 0.4) is 0 Å². The first-order chi connectivity index (χ1) is 11.7. The highest BCUT2D eigenvalue weighted by Crippen LogP contribution is 2.20. The van der Waals surface area contributed by atoms with E-state index >= 15 is 0 Å². The minimum Gasteiger partial charge on any atom is -0.372 e. The van der Waals surface area contributed by atoms with Crippen molar-refractivity contribution in [2.24, 2.45) is 0 Å². The van der Waals surface area contributed by atoms with Crippen LogP contribution < -0.4 is 10.2 Å². The number of carbonyl (C=O) groups excluding carboxylic acids is 1. The number of hydrogen-bond donors (Lipinski definition) is 1. The van der Waals surface area contributed by atoms with Crippen LogP contribution in [0, 0.1) is 0 Å². The van der Waals surface area contributed by atoms with Crippen LogP contribution in [0.2, 0.25) is 0 Å². The summed E-state index contributed by atoms with van der Waals surface area (Å²) in [5.74, 6) is -0.0209. The van der Waals surface area contributed by atoms with Gasteiger partial charge < -0.3 is 10.2 Å². The molecule has 126 valence electrons. The summed E-state index contributed by atoms with van der Waals surface area (Å²) in [6.45, 7) is 2.99. The van der Waals surface area contributed by atoms with Crippen LogP contribution in [0.1, 0.15) is 35.2 Å². The number of anilines is 1. The smallest absolute Gasteiger partial charge is 0.251 e. The summed E-state index contributed by atoms with van der Waals surface area (Å²) < 4.78 is 0.979. The van der Waals surface area contributed by atoms with Gasteiger partial charge in [0, 0.05) is 35.4 Å². The normalized spacial score (nSPS) is 14.5. The zero-order valence-corrected chi connectivity index (χ0v) is 15.4. The maximum absolute atomic E-state index is 12.1. The average molecular weight is 387 g/mol. The number of hydrogen-bond acceptors (Lipinski definition) is 2. The average Bonchev–Trinajstić information content (AvgIpc) is 2.63. The van der Waals surface area contributed by atoms with Gasteiger partial charge in [0.15, 0.2) is 0 Å². The number of halogens is 1. The Kier molecular flexibility index (Phi) is 5.91. The van der Waals surface area contributed by atoms with E-state index in [9.17, 15) is 4.79 Å². The van der Waals surface area contributed by atoms with Crippen molar-refractivity contribution in [1.29, 1.82) is 0 Å². The third-order valence-electron chi connectivity index (χ3n) is 4.46. The van der Waals surface area contributed by atoms with Gasteiger partial charge in [0.25, 0.3) is 5.91 Å². The number of nitrogens with zero attached hydrogens (tertiary/aromatic N) is 1. The van der Waals surface area contributed by atoms with E-state index in [-0.39, 0.29) is 5.91 Å². The molecule has 3 nitrogen and oxygen atoms in total. The highest BCUT2D eigenvalue weighted by Gasteiger charge is 2.10. The zero-order valence-electron chi connectivity index (χ0n) is 13.8. The number of piperidine rings is 1. The number of nitrogens with one attached hydrogen (secondary N) is 1. The maximum atomic E-state index is 12.1. The second kappa shape index (κ2) is 8.34. The predicted molar refractivity (Wildman–Crippen MR) is 103 cm³/mol. The summed E-state index contributed by atoms with van der Waals surface area (Å²) in [5.41, 5.74) is 3.27. The Hall–Kier alpha value is -1.81. The fourth-order valence-corrected chi connectivity index (χ4v) is 3.31. The van der Waals surface area contributed by atoms with Crippen LogP contribution in [0.4, 0.5) is 5.69 Å². The maximum Gasteiger partial charge on any atom is 0.251 e. The predicted octanol–water partition coefficient (Wildman–Crippen LogP) is 4.41. The van der Waals surface area contributed by atoms with Gasteiger partial charge in [-0.2, -0.15) is 0 Å². The summed E-state index contributed by atoms with van der Waals surface area (Å²) in [5, 5.41) is 2.98.